The van der Waals surface area contributed by atoms with Gasteiger partial charge in [-0.25, -0.2) is 0 Å². The molecule has 2 unspecified atom stereocenters. The number of hydrogen-bond acceptors (Lipinski definition) is 3. The van der Waals surface area contributed by atoms with Gasteiger partial charge in [-0.15, -0.1) is 24.0 Å². The first-order chi connectivity index (χ1) is 13.4. The molecule has 3 N–H and O–H groups in total. The Morgan fingerprint density at radius 1 is 1.21 bits per heavy atom. The van der Waals surface area contributed by atoms with Crippen LogP contribution in [0.5, 0.6) is 5.75 Å². The minimum atomic E-state index is 0. The van der Waals surface area contributed by atoms with E-state index in [1.165, 1.54) is 0 Å². The number of carbonyl (C=O) groups is 1. The second-order valence-corrected chi connectivity index (χ2v) is 7.37. The lowest BCUT2D eigenvalue weighted by Gasteiger charge is -2.24. The highest BCUT2D eigenvalue weighted by Gasteiger charge is 2.38. The number of ether oxygens (including phenoxy) is 1. The van der Waals surface area contributed by atoms with Crippen molar-refractivity contribution in [2.45, 2.75) is 32.4 Å². The highest BCUT2D eigenvalue weighted by Crippen LogP contribution is 2.36. The maximum absolute atomic E-state index is 12.2. The molecule has 0 aromatic heterocycles. The molecule has 0 radical (unpaired) electrons. The van der Waals surface area contributed by atoms with E-state index in [2.05, 4.69) is 22.4 Å². The summed E-state index contributed by atoms with van der Waals surface area (Å²) in [6.07, 6.45) is 0.615. The Hall–Kier alpha value is -2.29. The fraction of sp³-hybridized carbons (Fsp3) is 0.364. The Balaban J connectivity index is 0.00000300. The zero-order valence-corrected chi connectivity index (χ0v) is 19.4. The van der Waals surface area contributed by atoms with Crippen LogP contribution in [-0.4, -0.2) is 36.5 Å². The third-order valence-electron chi connectivity index (χ3n) is 4.83. The number of nitrogens with zero attached hydrogens (tertiary/aromatic N) is 2. The fourth-order valence-corrected chi connectivity index (χ4v) is 3.55. The molecule has 1 saturated heterocycles. The minimum absolute atomic E-state index is 0. The molecule has 29 heavy (non-hydrogen) atoms. The molecule has 1 heterocycles. The van der Waals surface area contributed by atoms with Gasteiger partial charge in [0.15, 0.2) is 5.96 Å². The van der Waals surface area contributed by atoms with Crippen molar-refractivity contribution >= 4 is 41.5 Å². The van der Waals surface area contributed by atoms with Crippen LogP contribution in [0.3, 0.4) is 0 Å². The van der Waals surface area contributed by atoms with Crippen LogP contribution in [0, 0.1) is 5.92 Å². The first-order valence-corrected chi connectivity index (χ1v) is 9.58. The number of anilines is 1. The van der Waals surface area contributed by atoms with Gasteiger partial charge in [0.2, 0.25) is 5.91 Å². The standard InChI is InChI=1S/C22H28N4O2.HI/c1-15(2)28-19-11-9-18(10-12-19)25-22(23)24-14-17-13-20(27)26(3)21(17)16-7-5-4-6-8-16;/h4-12,15,17,21H,13-14H2,1-3H3,(H3,23,24,25);1H. The van der Waals surface area contributed by atoms with Crippen LogP contribution in [0.4, 0.5) is 5.69 Å². The van der Waals surface area contributed by atoms with Crippen LogP contribution < -0.4 is 15.8 Å². The van der Waals surface area contributed by atoms with E-state index in [1.807, 2.05) is 68.3 Å². The normalized spacial score (nSPS) is 19.2. The lowest BCUT2D eigenvalue weighted by Crippen LogP contribution is -2.27. The third-order valence-corrected chi connectivity index (χ3v) is 4.83. The zero-order chi connectivity index (χ0) is 20.1. The fourth-order valence-electron chi connectivity index (χ4n) is 3.55. The van der Waals surface area contributed by atoms with Gasteiger partial charge in [-0.05, 0) is 43.7 Å². The number of benzene rings is 2. The number of hydrogen-bond donors (Lipinski definition) is 2. The molecule has 156 valence electrons. The average molecular weight is 508 g/mol. The van der Waals surface area contributed by atoms with Crippen LogP contribution in [0.15, 0.2) is 59.6 Å². The van der Waals surface area contributed by atoms with Crippen molar-refractivity contribution in [1.82, 2.24) is 4.90 Å². The predicted molar refractivity (Wildman–Crippen MR) is 128 cm³/mol. The zero-order valence-electron chi connectivity index (χ0n) is 17.0. The summed E-state index contributed by atoms with van der Waals surface area (Å²) in [7, 11) is 1.85. The van der Waals surface area contributed by atoms with Crippen molar-refractivity contribution in [2.24, 2.45) is 16.6 Å². The van der Waals surface area contributed by atoms with E-state index in [9.17, 15) is 4.79 Å². The number of rotatable bonds is 6. The van der Waals surface area contributed by atoms with Gasteiger partial charge in [0.05, 0.1) is 12.1 Å². The summed E-state index contributed by atoms with van der Waals surface area (Å²) in [5, 5.41) is 3.10. The second-order valence-electron chi connectivity index (χ2n) is 7.37. The van der Waals surface area contributed by atoms with Gasteiger partial charge in [0.25, 0.3) is 0 Å². The molecule has 2 aromatic carbocycles. The van der Waals surface area contributed by atoms with Crippen molar-refractivity contribution < 1.29 is 9.53 Å². The Labute approximate surface area is 189 Å². The SMILES string of the molecule is CC(C)Oc1ccc(NC(N)=NCC2CC(=O)N(C)C2c2ccccc2)cc1.I. The monoisotopic (exact) mass is 508 g/mol. The molecule has 6 nitrogen and oxygen atoms in total. The van der Waals surface area contributed by atoms with Crippen molar-refractivity contribution in [3.63, 3.8) is 0 Å². The molecule has 1 fully saturated rings. The number of guanidine groups is 1. The number of likely N-dealkylation sites (tertiary alicyclic amines) is 1. The van der Waals surface area contributed by atoms with Gasteiger partial charge >= 0.3 is 0 Å². The Bertz CT molecular complexity index is 824. The molecule has 1 aliphatic rings. The lowest BCUT2D eigenvalue weighted by atomic mass is 9.94. The van der Waals surface area contributed by atoms with E-state index in [-0.39, 0.29) is 47.9 Å². The van der Waals surface area contributed by atoms with Gasteiger partial charge in [0.1, 0.15) is 5.75 Å². The Morgan fingerprint density at radius 3 is 2.48 bits per heavy atom. The van der Waals surface area contributed by atoms with Gasteiger partial charge < -0.3 is 20.7 Å². The van der Waals surface area contributed by atoms with Crippen molar-refractivity contribution in [3.8, 4) is 5.75 Å². The van der Waals surface area contributed by atoms with Crippen LogP contribution in [-0.2, 0) is 4.79 Å². The van der Waals surface area contributed by atoms with E-state index in [1.54, 1.807) is 0 Å². The molecule has 0 spiro atoms. The molecule has 7 heteroatoms. The summed E-state index contributed by atoms with van der Waals surface area (Å²) in [6.45, 7) is 4.47. The van der Waals surface area contributed by atoms with Gasteiger partial charge in [0, 0.05) is 31.6 Å². The highest BCUT2D eigenvalue weighted by molar-refractivity contribution is 14.0. The Kier molecular flexibility index (Phi) is 8.31. The molecule has 1 amide bonds. The van der Waals surface area contributed by atoms with Gasteiger partial charge in [-0.2, -0.15) is 0 Å². The van der Waals surface area contributed by atoms with Crippen LogP contribution in [0.25, 0.3) is 0 Å². The van der Waals surface area contributed by atoms with E-state index < -0.39 is 0 Å². The molecule has 0 bridgehead atoms. The van der Waals surface area contributed by atoms with Crippen molar-refractivity contribution in [3.05, 3.63) is 60.2 Å². The van der Waals surface area contributed by atoms with Crippen LogP contribution in [0.2, 0.25) is 0 Å². The van der Waals surface area contributed by atoms with E-state index in [4.69, 9.17) is 10.5 Å². The summed E-state index contributed by atoms with van der Waals surface area (Å²) in [6, 6.07) is 17.7. The smallest absolute Gasteiger partial charge is 0.223 e. The maximum Gasteiger partial charge on any atom is 0.223 e. The predicted octanol–water partition coefficient (Wildman–Crippen LogP) is 4.04. The minimum Gasteiger partial charge on any atom is -0.491 e. The number of carbonyl (C=O) groups excluding carboxylic acids is 1. The summed E-state index contributed by atoms with van der Waals surface area (Å²) in [5.74, 6) is 1.39. The summed E-state index contributed by atoms with van der Waals surface area (Å²) in [5.41, 5.74) is 8.04. The number of halogens is 1. The molecule has 2 aromatic rings. The summed E-state index contributed by atoms with van der Waals surface area (Å²) in [4.78, 5) is 18.5. The van der Waals surface area contributed by atoms with Crippen molar-refractivity contribution in [2.75, 3.05) is 18.9 Å². The van der Waals surface area contributed by atoms with E-state index in [0.29, 0.717) is 18.9 Å². The van der Waals surface area contributed by atoms with Gasteiger partial charge in [-0.3, -0.25) is 9.79 Å². The van der Waals surface area contributed by atoms with Crippen LogP contribution in [0.1, 0.15) is 31.9 Å². The second kappa shape index (κ2) is 10.5. The molecule has 0 saturated carbocycles. The number of amides is 1. The lowest BCUT2D eigenvalue weighted by molar-refractivity contribution is -0.127. The van der Waals surface area contributed by atoms with E-state index in [0.717, 1.165) is 17.0 Å². The molecule has 3 rings (SSSR count). The summed E-state index contributed by atoms with van der Waals surface area (Å²) < 4.78 is 5.64. The number of nitrogens with one attached hydrogen (secondary N) is 1. The quantitative estimate of drug-likeness (QED) is 0.351. The third kappa shape index (κ3) is 6.09. The first kappa shape index (κ1) is 23.0. The number of aliphatic imine (C=N–C) groups is 1. The maximum atomic E-state index is 12.2. The van der Waals surface area contributed by atoms with Crippen molar-refractivity contribution in [1.29, 1.82) is 0 Å². The summed E-state index contributed by atoms with van der Waals surface area (Å²) >= 11 is 0. The van der Waals surface area contributed by atoms with Gasteiger partial charge in [-0.1, -0.05) is 30.3 Å². The van der Waals surface area contributed by atoms with E-state index >= 15 is 0 Å². The largest absolute Gasteiger partial charge is 0.491 e. The Morgan fingerprint density at radius 2 is 1.86 bits per heavy atom. The first-order valence-electron chi connectivity index (χ1n) is 9.58. The average Bonchev–Trinajstić information content (AvgIpc) is 2.96. The number of nitrogens with two attached hydrogens (primary N) is 1. The molecule has 1 aliphatic heterocycles. The topological polar surface area (TPSA) is 80.0 Å². The molecule has 2 atom stereocenters. The van der Waals surface area contributed by atoms with Crippen LogP contribution >= 0.6 is 24.0 Å². The highest BCUT2D eigenvalue weighted by atomic mass is 127. The molecular weight excluding hydrogens is 479 g/mol. The molecular formula is C22H29IN4O2. The molecule has 0 aliphatic carbocycles.